The normalized spacial score (nSPS) is 15.1. The highest BCUT2D eigenvalue weighted by atomic mass is 16.5. The van der Waals surface area contributed by atoms with Crippen molar-refractivity contribution in [1.29, 1.82) is 0 Å². The van der Waals surface area contributed by atoms with Gasteiger partial charge in [0.1, 0.15) is 12.3 Å². The molecule has 1 aliphatic rings. The first-order valence-corrected chi connectivity index (χ1v) is 11.7. The van der Waals surface area contributed by atoms with Crippen LogP contribution in [0.25, 0.3) is 0 Å². The quantitative estimate of drug-likeness (QED) is 0.491. The molecule has 0 bridgehead atoms. The molecule has 1 unspecified atom stereocenters. The van der Waals surface area contributed by atoms with Gasteiger partial charge in [-0.1, -0.05) is 60.7 Å². The molecule has 1 fully saturated rings. The summed E-state index contributed by atoms with van der Waals surface area (Å²) >= 11 is 0. The van der Waals surface area contributed by atoms with E-state index in [4.69, 9.17) is 9.15 Å². The Kier molecular flexibility index (Phi) is 8.35. The topological polar surface area (TPSA) is 75.0 Å². The molecule has 1 atom stereocenters. The molecule has 4 rings (SSSR count). The van der Waals surface area contributed by atoms with Gasteiger partial charge in [-0.25, -0.2) is 4.79 Å². The van der Waals surface area contributed by atoms with Crippen LogP contribution in [0.1, 0.15) is 29.7 Å². The molecule has 34 heavy (non-hydrogen) atoms. The number of carbonyl (C=O) groups excluding carboxylic acids is 2. The number of urea groups is 1. The third-order valence-electron chi connectivity index (χ3n) is 5.84. The Labute approximate surface area is 200 Å². The maximum absolute atomic E-state index is 13.5. The Morgan fingerprint density at radius 3 is 2.26 bits per heavy atom. The Bertz CT molecular complexity index is 1020. The van der Waals surface area contributed by atoms with E-state index in [-0.39, 0.29) is 24.6 Å². The van der Waals surface area contributed by atoms with Gasteiger partial charge in [-0.05, 0) is 36.1 Å². The minimum atomic E-state index is -0.273. The predicted octanol–water partition coefficient (Wildman–Crippen LogP) is 4.20. The summed E-state index contributed by atoms with van der Waals surface area (Å²) in [6.45, 7) is 2.20. The van der Waals surface area contributed by atoms with Crippen molar-refractivity contribution in [2.45, 2.75) is 38.6 Å². The summed E-state index contributed by atoms with van der Waals surface area (Å²) in [7, 11) is 0. The molecule has 1 aliphatic heterocycles. The standard InChI is InChI=1S/C27H31N3O4/c31-26(29(19-24-13-7-15-33-24)18-23-11-5-2-6-12-23)21-30(20-25-14-8-16-34-25)27(32)28-17-22-9-3-1-4-10-22/h1-7,9-13,15,25H,8,14,16-21H2,(H,28,32). The summed E-state index contributed by atoms with van der Waals surface area (Å²) in [5.41, 5.74) is 2.02. The SMILES string of the molecule is O=C(CN(CC1CCCO1)C(=O)NCc1ccccc1)N(Cc1ccccc1)Cc1ccco1. The lowest BCUT2D eigenvalue weighted by Gasteiger charge is -2.29. The fourth-order valence-electron chi connectivity index (χ4n) is 4.03. The Morgan fingerprint density at radius 2 is 1.62 bits per heavy atom. The van der Waals surface area contributed by atoms with Crippen LogP contribution in [0.4, 0.5) is 4.79 Å². The fourth-order valence-corrected chi connectivity index (χ4v) is 4.03. The number of nitrogens with one attached hydrogen (secondary N) is 1. The van der Waals surface area contributed by atoms with Gasteiger partial charge in [0, 0.05) is 26.2 Å². The Morgan fingerprint density at radius 1 is 0.882 bits per heavy atom. The molecule has 1 N–H and O–H groups in total. The first-order valence-electron chi connectivity index (χ1n) is 11.7. The van der Waals surface area contributed by atoms with Gasteiger partial charge < -0.3 is 24.3 Å². The van der Waals surface area contributed by atoms with Crippen molar-refractivity contribution >= 4 is 11.9 Å². The molecule has 0 saturated carbocycles. The van der Waals surface area contributed by atoms with E-state index in [2.05, 4.69) is 5.32 Å². The molecule has 1 aromatic heterocycles. The van der Waals surface area contributed by atoms with Crippen molar-refractivity contribution in [3.05, 3.63) is 95.9 Å². The number of nitrogens with zero attached hydrogens (tertiary/aromatic N) is 2. The van der Waals surface area contributed by atoms with Crippen LogP contribution in [0.3, 0.4) is 0 Å². The molecule has 2 heterocycles. The van der Waals surface area contributed by atoms with Crippen molar-refractivity contribution in [1.82, 2.24) is 15.1 Å². The molecule has 178 valence electrons. The molecule has 1 saturated heterocycles. The smallest absolute Gasteiger partial charge is 0.318 e. The number of hydrogen-bond acceptors (Lipinski definition) is 4. The Balaban J connectivity index is 1.45. The van der Waals surface area contributed by atoms with Gasteiger partial charge in [-0.3, -0.25) is 4.79 Å². The van der Waals surface area contributed by atoms with Crippen LogP contribution in [0, 0.1) is 0 Å². The third-order valence-corrected chi connectivity index (χ3v) is 5.84. The van der Waals surface area contributed by atoms with Crippen LogP contribution in [0.2, 0.25) is 0 Å². The number of ether oxygens (including phenoxy) is 1. The van der Waals surface area contributed by atoms with Gasteiger partial charge in [0.05, 0.1) is 18.9 Å². The van der Waals surface area contributed by atoms with E-state index in [0.717, 1.165) is 24.0 Å². The monoisotopic (exact) mass is 461 g/mol. The summed E-state index contributed by atoms with van der Waals surface area (Å²) < 4.78 is 11.3. The van der Waals surface area contributed by atoms with E-state index in [1.54, 1.807) is 22.1 Å². The van der Waals surface area contributed by atoms with E-state index in [9.17, 15) is 9.59 Å². The van der Waals surface area contributed by atoms with Crippen molar-refractivity contribution < 1.29 is 18.7 Å². The minimum Gasteiger partial charge on any atom is -0.467 e. The average Bonchev–Trinajstić information content (AvgIpc) is 3.57. The summed E-state index contributed by atoms with van der Waals surface area (Å²) in [5, 5.41) is 2.95. The molecule has 3 amide bonds. The summed E-state index contributed by atoms with van der Waals surface area (Å²) in [6, 6.07) is 22.9. The van der Waals surface area contributed by atoms with Crippen molar-refractivity contribution in [2.24, 2.45) is 0 Å². The van der Waals surface area contributed by atoms with Crippen molar-refractivity contribution in [2.75, 3.05) is 19.7 Å². The third kappa shape index (κ3) is 6.96. The highest BCUT2D eigenvalue weighted by Crippen LogP contribution is 2.15. The molecule has 3 aromatic rings. The molecule has 0 spiro atoms. The van der Waals surface area contributed by atoms with E-state index in [0.29, 0.717) is 38.5 Å². The van der Waals surface area contributed by atoms with Crippen molar-refractivity contribution in [3.8, 4) is 0 Å². The van der Waals surface area contributed by atoms with Gasteiger partial charge in [0.15, 0.2) is 0 Å². The molecule has 0 aliphatic carbocycles. The van der Waals surface area contributed by atoms with Gasteiger partial charge in [0.2, 0.25) is 5.91 Å². The van der Waals surface area contributed by atoms with Crippen LogP contribution in [-0.2, 0) is 29.2 Å². The lowest BCUT2D eigenvalue weighted by molar-refractivity contribution is -0.133. The van der Waals surface area contributed by atoms with Crippen LogP contribution in [-0.4, -0.2) is 47.5 Å². The number of furan rings is 1. The molecule has 0 radical (unpaired) electrons. The fraction of sp³-hybridized carbons (Fsp3) is 0.333. The zero-order chi connectivity index (χ0) is 23.6. The largest absolute Gasteiger partial charge is 0.467 e. The zero-order valence-corrected chi connectivity index (χ0v) is 19.3. The minimum absolute atomic E-state index is 0.0337. The molecular formula is C27H31N3O4. The maximum Gasteiger partial charge on any atom is 0.318 e. The first-order chi connectivity index (χ1) is 16.7. The van der Waals surface area contributed by atoms with E-state index >= 15 is 0 Å². The van der Waals surface area contributed by atoms with Gasteiger partial charge in [-0.2, -0.15) is 0 Å². The Hall–Kier alpha value is -3.58. The van der Waals surface area contributed by atoms with Crippen LogP contribution >= 0.6 is 0 Å². The number of carbonyl (C=O) groups is 2. The number of rotatable bonds is 10. The van der Waals surface area contributed by atoms with Crippen LogP contribution in [0.5, 0.6) is 0 Å². The zero-order valence-electron chi connectivity index (χ0n) is 19.3. The van der Waals surface area contributed by atoms with Crippen molar-refractivity contribution in [3.63, 3.8) is 0 Å². The second kappa shape index (κ2) is 12.0. The van der Waals surface area contributed by atoms with Crippen LogP contribution < -0.4 is 5.32 Å². The first kappa shape index (κ1) is 23.6. The molecular weight excluding hydrogens is 430 g/mol. The highest BCUT2D eigenvalue weighted by molar-refractivity contribution is 5.84. The second-order valence-corrected chi connectivity index (χ2v) is 8.47. The van der Waals surface area contributed by atoms with E-state index in [1.807, 2.05) is 66.7 Å². The number of benzene rings is 2. The van der Waals surface area contributed by atoms with Crippen LogP contribution in [0.15, 0.2) is 83.5 Å². The second-order valence-electron chi connectivity index (χ2n) is 8.47. The lowest BCUT2D eigenvalue weighted by Crippen LogP contribution is -2.48. The van der Waals surface area contributed by atoms with Gasteiger partial charge >= 0.3 is 6.03 Å². The summed E-state index contributed by atoms with van der Waals surface area (Å²) in [5.74, 6) is 0.552. The summed E-state index contributed by atoms with van der Waals surface area (Å²) in [6.07, 6.45) is 3.40. The number of amides is 3. The molecule has 2 aromatic carbocycles. The number of hydrogen-bond donors (Lipinski definition) is 1. The maximum atomic E-state index is 13.5. The van der Waals surface area contributed by atoms with E-state index < -0.39 is 0 Å². The van der Waals surface area contributed by atoms with E-state index in [1.165, 1.54) is 0 Å². The molecule has 7 nitrogen and oxygen atoms in total. The predicted molar refractivity (Wildman–Crippen MR) is 129 cm³/mol. The molecule has 7 heteroatoms. The lowest BCUT2D eigenvalue weighted by atomic mass is 10.2. The summed E-state index contributed by atoms with van der Waals surface area (Å²) in [4.78, 5) is 29.9. The van der Waals surface area contributed by atoms with Gasteiger partial charge in [0.25, 0.3) is 0 Å². The average molecular weight is 462 g/mol. The highest BCUT2D eigenvalue weighted by Gasteiger charge is 2.26. The van der Waals surface area contributed by atoms with Gasteiger partial charge in [-0.15, -0.1) is 0 Å².